The second kappa shape index (κ2) is 8.15. The first-order valence-corrected chi connectivity index (χ1v) is 8.82. The number of fused-ring (bicyclic) bond motifs is 1. The van der Waals surface area contributed by atoms with Gasteiger partial charge in [-0.1, -0.05) is 0 Å². The highest BCUT2D eigenvalue weighted by Crippen LogP contribution is 2.19. The van der Waals surface area contributed by atoms with Crippen molar-refractivity contribution in [1.82, 2.24) is 19.6 Å². The van der Waals surface area contributed by atoms with Crippen LogP contribution in [0.2, 0.25) is 0 Å². The number of carbonyl (C=O) groups is 1. The van der Waals surface area contributed by atoms with E-state index < -0.39 is 5.97 Å². The number of benzene rings is 1. The lowest BCUT2D eigenvalue weighted by Gasteiger charge is -2.26. The van der Waals surface area contributed by atoms with Crippen LogP contribution >= 0.6 is 0 Å². The SMILES string of the molecule is O=C(On1cnc2cc(OCCN3CCOCC3)ccc21)c1cccnc1. The van der Waals surface area contributed by atoms with E-state index in [1.165, 1.54) is 17.3 Å². The zero-order valence-electron chi connectivity index (χ0n) is 14.8. The van der Waals surface area contributed by atoms with E-state index >= 15 is 0 Å². The first-order valence-electron chi connectivity index (χ1n) is 8.82. The van der Waals surface area contributed by atoms with Gasteiger partial charge in [0.2, 0.25) is 0 Å². The van der Waals surface area contributed by atoms with Crippen molar-refractivity contribution in [3.8, 4) is 5.75 Å². The van der Waals surface area contributed by atoms with Crippen molar-refractivity contribution in [1.29, 1.82) is 0 Å². The zero-order chi connectivity index (χ0) is 18.5. The fourth-order valence-electron chi connectivity index (χ4n) is 2.88. The van der Waals surface area contributed by atoms with Crippen LogP contribution in [0.25, 0.3) is 11.0 Å². The summed E-state index contributed by atoms with van der Waals surface area (Å²) in [6, 6.07) is 8.84. The standard InChI is InChI=1S/C19H20N4O4/c24-19(15-2-1-5-20-13-15)27-23-14-21-17-12-16(3-4-18(17)23)26-11-8-22-6-9-25-10-7-22/h1-5,12-14H,6-11H2. The lowest BCUT2D eigenvalue weighted by molar-refractivity contribution is 0.0322. The van der Waals surface area contributed by atoms with Crippen molar-refractivity contribution < 1.29 is 19.1 Å². The summed E-state index contributed by atoms with van der Waals surface area (Å²) >= 11 is 0. The summed E-state index contributed by atoms with van der Waals surface area (Å²) in [5.41, 5.74) is 1.76. The van der Waals surface area contributed by atoms with E-state index in [9.17, 15) is 4.79 Å². The maximum Gasteiger partial charge on any atom is 0.365 e. The Balaban J connectivity index is 1.38. The van der Waals surface area contributed by atoms with E-state index in [2.05, 4.69) is 14.9 Å². The summed E-state index contributed by atoms with van der Waals surface area (Å²) in [6.07, 6.45) is 4.53. The summed E-state index contributed by atoms with van der Waals surface area (Å²) in [5, 5.41) is 0. The summed E-state index contributed by atoms with van der Waals surface area (Å²) < 4.78 is 12.5. The molecule has 0 N–H and O–H groups in total. The molecule has 8 heteroatoms. The van der Waals surface area contributed by atoms with Crippen molar-refractivity contribution in [3.05, 3.63) is 54.6 Å². The van der Waals surface area contributed by atoms with Gasteiger partial charge in [0, 0.05) is 38.1 Å². The average molecular weight is 368 g/mol. The van der Waals surface area contributed by atoms with Crippen molar-refractivity contribution >= 4 is 17.0 Å². The monoisotopic (exact) mass is 368 g/mol. The predicted molar refractivity (Wildman–Crippen MR) is 97.6 cm³/mol. The molecule has 0 unspecified atom stereocenters. The van der Waals surface area contributed by atoms with Crippen LogP contribution in [0.4, 0.5) is 0 Å². The third kappa shape index (κ3) is 4.24. The fourth-order valence-corrected chi connectivity index (χ4v) is 2.88. The molecule has 140 valence electrons. The van der Waals surface area contributed by atoms with E-state index in [4.69, 9.17) is 14.3 Å². The van der Waals surface area contributed by atoms with Gasteiger partial charge in [0.1, 0.15) is 24.2 Å². The molecule has 27 heavy (non-hydrogen) atoms. The van der Waals surface area contributed by atoms with E-state index in [0.717, 1.165) is 38.6 Å². The third-order valence-corrected chi connectivity index (χ3v) is 4.34. The summed E-state index contributed by atoms with van der Waals surface area (Å²) in [7, 11) is 0. The van der Waals surface area contributed by atoms with Gasteiger partial charge < -0.3 is 14.3 Å². The summed E-state index contributed by atoms with van der Waals surface area (Å²) in [6.45, 7) is 4.90. The highest BCUT2D eigenvalue weighted by molar-refractivity contribution is 5.89. The molecule has 1 aromatic carbocycles. The van der Waals surface area contributed by atoms with Gasteiger partial charge in [0.05, 0.1) is 24.3 Å². The maximum atomic E-state index is 12.2. The number of morpholine rings is 1. The van der Waals surface area contributed by atoms with Crippen molar-refractivity contribution in [2.45, 2.75) is 0 Å². The Morgan fingerprint density at radius 2 is 2.11 bits per heavy atom. The molecule has 0 atom stereocenters. The van der Waals surface area contributed by atoms with Gasteiger partial charge in [-0.3, -0.25) is 9.88 Å². The van der Waals surface area contributed by atoms with Gasteiger partial charge in [0.25, 0.3) is 0 Å². The minimum absolute atomic E-state index is 0.377. The van der Waals surface area contributed by atoms with Gasteiger partial charge in [0.15, 0.2) is 0 Å². The number of nitrogens with zero attached hydrogens (tertiary/aromatic N) is 4. The lowest BCUT2D eigenvalue weighted by Crippen LogP contribution is -2.38. The van der Waals surface area contributed by atoms with Crippen molar-refractivity contribution in [2.24, 2.45) is 0 Å². The van der Waals surface area contributed by atoms with Gasteiger partial charge in [-0.2, -0.15) is 4.73 Å². The minimum atomic E-state index is -0.492. The van der Waals surface area contributed by atoms with Crippen LogP contribution in [-0.2, 0) is 4.74 Å². The Kier molecular flexibility index (Phi) is 5.27. The molecule has 0 saturated carbocycles. The number of hydrogen-bond acceptors (Lipinski definition) is 7. The number of rotatable bonds is 6. The van der Waals surface area contributed by atoms with Crippen molar-refractivity contribution in [2.75, 3.05) is 39.5 Å². The van der Waals surface area contributed by atoms with E-state index in [0.29, 0.717) is 23.2 Å². The first kappa shape index (κ1) is 17.4. The lowest BCUT2D eigenvalue weighted by atomic mass is 10.3. The molecule has 2 aromatic heterocycles. The van der Waals surface area contributed by atoms with E-state index in [-0.39, 0.29) is 0 Å². The summed E-state index contributed by atoms with van der Waals surface area (Å²) in [4.78, 5) is 28.1. The first-order chi connectivity index (χ1) is 13.3. The Bertz CT molecular complexity index is 906. The quantitative estimate of drug-likeness (QED) is 0.651. The normalized spacial score (nSPS) is 15.0. The Morgan fingerprint density at radius 3 is 2.93 bits per heavy atom. The number of pyridine rings is 1. The Labute approximate surface area is 156 Å². The number of imidazole rings is 1. The average Bonchev–Trinajstić information content (AvgIpc) is 3.11. The number of carbonyl (C=O) groups excluding carboxylic acids is 1. The molecule has 0 amide bonds. The molecule has 1 saturated heterocycles. The minimum Gasteiger partial charge on any atom is -0.492 e. The van der Waals surface area contributed by atoms with Gasteiger partial charge in [-0.05, 0) is 24.3 Å². The molecule has 1 aliphatic rings. The highest BCUT2D eigenvalue weighted by Gasteiger charge is 2.13. The second-order valence-electron chi connectivity index (χ2n) is 6.14. The van der Waals surface area contributed by atoms with Crippen LogP contribution in [-0.4, -0.2) is 65.0 Å². The molecule has 4 rings (SSSR count). The van der Waals surface area contributed by atoms with Gasteiger partial charge in [-0.15, -0.1) is 0 Å². The molecule has 3 heterocycles. The van der Waals surface area contributed by atoms with Gasteiger partial charge in [-0.25, -0.2) is 9.78 Å². The van der Waals surface area contributed by atoms with Gasteiger partial charge >= 0.3 is 5.97 Å². The van der Waals surface area contributed by atoms with Crippen LogP contribution in [0.5, 0.6) is 5.75 Å². The molecule has 0 bridgehead atoms. The smallest absolute Gasteiger partial charge is 0.365 e. The van der Waals surface area contributed by atoms with Crippen LogP contribution in [0.1, 0.15) is 10.4 Å². The largest absolute Gasteiger partial charge is 0.492 e. The number of aromatic nitrogens is 3. The zero-order valence-corrected chi connectivity index (χ0v) is 14.8. The fraction of sp³-hybridized carbons (Fsp3) is 0.316. The Morgan fingerprint density at radius 1 is 1.22 bits per heavy atom. The van der Waals surface area contributed by atoms with Crippen LogP contribution in [0, 0.1) is 0 Å². The molecular formula is C19H20N4O4. The molecule has 0 aliphatic carbocycles. The molecule has 1 aliphatic heterocycles. The maximum absolute atomic E-state index is 12.2. The highest BCUT2D eigenvalue weighted by atomic mass is 16.7. The molecular weight excluding hydrogens is 348 g/mol. The van der Waals surface area contributed by atoms with Crippen LogP contribution < -0.4 is 9.57 Å². The third-order valence-electron chi connectivity index (χ3n) is 4.34. The summed E-state index contributed by atoms with van der Waals surface area (Å²) in [5.74, 6) is 0.243. The topological polar surface area (TPSA) is 78.7 Å². The van der Waals surface area contributed by atoms with Crippen LogP contribution in [0.3, 0.4) is 0 Å². The van der Waals surface area contributed by atoms with Crippen molar-refractivity contribution in [3.63, 3.8) is 0 Å². The predicted octanol–water partition coefficient (Wildman–Crippen LogP) is 1.41. The second-order valence-corrected chi connectivity index (χ2v) is 6.14. The Hall–Kier alpha value is -2.97. The van der Waals surface area contributed by atoms with Crippen LogP contribution in [0.15, 0.2) is 49.1 Å². The van der Waals surface area contributed by atoms with E-state index in [1.807, 2.05) is 18.2 Å². The molecule has 0 spiro atoms. The molecule has 3 aromatic rings. The number of hydrogen-bond donors (Lipinski definition) is 0. The molecule has 8 nitrogen and oxygen atoms in total. The molecule has 1 fully saturated rings. The molecule has 0 radical (unpaired) electrons. The van der Waals surface area contributed by atoms with E-state index in [1.54, 1.807) is 18.3 Å². The number of ether oxygens (including phenoxy) is 2.